The summed E-state index contributed by atoms with van der Waals surface area (Å²) in [5.74, 6) is 0. The first-order chi connectivity index (χ1) is 19.3. The average Bonchev–Trinajstić information content (AvgIpc) is 3.51. The molecule has 0 spiro atoms. The van der Waals surface area contributed by atoms with Crippen LogP contribution in [0.4, 0.5) is 22.7 Å². The van der Waals surface area contributed by atoms with Crippen molar-refractivity contribution in [3.05, 3.63) is 51.9 Å². The Balaban J connectivity index is 1.40. The number of fused-ring (bicyclic) bond motifs is 14. The molecule has 2 aromatic carbocycles. The number of benzene rings is 2. The molecule has 204 valence electrons. The van der Waals surface area contributed by atoms with Crippen LogP contribution in [0.2, 0.25) is 0 Å². The van der Waals surface area contributed by atoms with E-state index in [1.807, 2.05) is 0 Å². The molecule has 2 fully saturated rings. The Morgan fingerprint density at radius 2 is 1.32 bits per heavy atom. The summed E-state index contributed by atoms with van der Waals surface area (Å²) in [6.07, 6.45) is 16.0. The quantitative estimate of drug-likeness (QED) is 0.275. The first kappa shape index (κ1) is 23.4. The van der Waals surface area contributed by atoms with Crippen molar-refractivity contribution in [2.24, 2.45) is 0 Å². The van der Waals surface area contributed by atoms with Crippen LogP contribution < -0.4 is 25.5 Å². The lowest BCUT2D eigenvalue weighted by atomic mass is 9.36. The molecule has 1 aromatic heterocycles. The van der Waals surface area contributed by atoms with Crippen LogP contribution in [0.15, 0.2) is 30.3 Å². The Labute approximate surface area is 244 Å². The summed E-state index contributed by atoms with van der Waals surface area (Å²) in [7, 11) is 0. The Kier molecular flexibility index (Phi) is 4.12. The van der Waals surface area contributed by atoms with E-state index >= 15 is 0 Å². The van der Waals surface area contributed by atoms with Crippen LogP contribution in [0, 0.1) is 0 Å². The molecule has 0 amide bonds. The third-order valence-electron chi connectivity index (χ3n) is 13.9. The lowest BCUT2D eigenvalue weighted by Crippen LogP contribution is -2.65. The minimum absolute atomic E-state index is 0.136. The molecule has 4 unspecified atom stereocenters. The molecule has 5 heterocycles. The summed E-state index contributed by atoms with van der Waals surface area (Å²) >= 11 is 2.21. The van der Waals surface area contributed by atoms with Crippen molar-refractivity contribution in [2.75, 3.05) is 9.80 Å². The maximum Gasteiger partial charge on any atom is 0.264 e. The van der Waals surface area contributed by atoms with Crippen LogP contribution in [-0.4, -0.2) is 17.8 Å². The van der Waals surface area contributed by atoms with Gasteiger partial charge >= 0.3 is 0 Å². The summed E-state index contributed by atoms with van der Waals surface area (Å²) in [5, 5.41) is 0. The van der Waals surface area contributed by atoms with Crippen molar-refractivity contribution < 1.29 is 0 Å². The monoisotopic (exact) mass is 544 g/mol. The molecule has 2 nitrogen and oxygen atoms in total. The molecule has 4 aliphatic heterocycles. The zero-order valence-corrected chi connectivity index (χ0v) is 25.6. The van der Waals surface area contributed by atoms with Crippen molar-refractivity contribution in [2.45, 2.75) is 127 Å². The van der Waals surface area contributed by atoms with Gasteiger partial charge in [-0.25, -0.2) is 0 Å². The minimum atomic E-state index is 0.136. The minimum Gasteiger partial charge on any atom is -0.335 e. The van der Waals surface area contributed by atoms with E-state index in [9.17, 15) is 0 Å². The highest BCUT2D eigenvalue weighted by Gasteiger charge is 2.67. The summed E-state index contributed by atoms with van der Waals surface area (Å²) < 4.78 is 1.69. The highest BCUT2D eigenvalue weighted by Crippen LogP contribution is 2.68. The van der Waals surface area contributed by atoms with E-state index in [1.165, 1.54) is 82.7 Å². The van der Waals surface area contributed by atoms with E-state index in [1.54, 1.807) is 54.3 Å². The topological polar surface area (TPSA) is 6.48 Å². The lowest BCUT2D eigenvalue weighted by Gasteiger charge is -2.54. The standard InChI is InChI=1S/C36H41BN2S/c1-33-17-9-11-19-35(33,3)38-26-15-7-6-14-25(26)37-28-30(38)23(33)21-24-31(28)39(36(4)20-12-10-18-34(24,36)2)29-22-13-5-8-16-27(22)40-32(29)37/h6-7,14-15,21H,5,8-13,16-20H2,1-4H3. The Morgan fingerprint density at radius 1 is 0.700 bits per heavy atom. The molecule has 40 heavy (non-hydrogen) atoms. The first-order valence-electron chi connectivity index (χ1n) is 16.4. The maximum absolute atomic E-state index is 3.02. The number of nitrogens with zero attached hydrogens (tertiary/aromatic N) is 2. The van der Waals surface area contributed by atoms with Crippen LogP contribution in [0.25, 0.3) is 0 Å². The average molecular weight is 545 g/mol. The molecule has 10 rings (SSSR count). The fourth-order valence-electron chi connectivity index (χ4n) is 11.4. The van der Waals surface area contributed by atoms with Gasteiger partial charge in [-0.2, -0.15) is 11.3 Å². The zero-order valence-electron chi connectivity index (χ0n) is 24.8. The van der Waals surface area contributed by atoms with Crippen LogP contribution >= 0.6 is 11.3 Å². The van der Waals surface area contributed by atoms with Crippen molar-refractivity contribution in [1.29, 1.82) is 0 Å². The number of thiophene rings is 1. The highest BCUT2D eigenvalue weighted by molar-refractivity contribution is 7.29. The van der Waals surface area contributed by atoms with E-state index in [0.29, 0.717) is 6.71 Å². The van der Waals surface area contributed by atoms with Crippen LogP contribution in [-0.2, 0) is 23.7 Å². The second-order valence-corrected chi connectivity index (χ2v) is 16.4. The van der Waals surface area contributed by atoms with Gasteiger partial charge in [0.05, 0.1) is 16.8 Å². The van der Waals surface area contributed by atoms with Gasteiger partial charge in [0.25, 0.3) is 6.71 Å². The molecule has 0 saturated heterocycles. The van der Waals surface area contributed by atoms with Gasteiger partial charge in [-0.3, -0.25) is 0 Å². The number of aryl methyl sites for hydroxylation is 1. The van der Waals surface area contributed by atoms with Crippen molar-refractivity contribution in [3.8, 4) is 0 Å². The van der Waals surface area contributed by atoms with Gasteiger partial charge in [0.15, 0.2) is 0 Å². The predicted octanol–water partition coefficient (Wildman–Crippen LogP) is 7.25. The third-order valence-corrected chi connectivity index (χ3v) is 15.3. The Hall–Kier alpha value is -2.20. The number of rotatable bonds is 0. The van der Waals surface area contributed by atoms with E-state index < -0.39 is 0 Å². The second kappa shape index (κ2) is 7.05. The Bertz CT molecular complexity index is 1670. The van der Waals surface area contributed by atoms with Gasteiger partial charge in [0, 0.05) is 37.5 Å². The number of hydrogen-bond acceptors (Lipinski definition) is 3. The van der Waals surface area contributed by atoms with Gasteiger partial charge in [-0.05, 0) is 98.9 Å². The van der Waals surface area contributed by atoms with Gasteiger partial charge in [-0.1, -0.05) is 63.8 Å². The van der Waals surface area contributed by atoms with Gasteiger partial charge in [-0.15, -0.1) is 0 Å². The second-order valence-electron chi connectivity index (χ2n) is 15.3. The Morgan fingerprint density at radius 3 is 2.08 bits per heavy atom. The van der Waals surface area contributed by atoms with Gasteiger partial charge in [0.2, 0.25) is 0 Å². The van der Waals surface area contributed by atoms with E-state index in [4.69, 9.17) is 0 Å². The number of para-hydroxylation sites is 1. The number of hydrogen-bond donors (Lipinski definition) is 0. The van der Waals surface area contributed by atoms with Gasteiger partial charge in [0.1, 0.15) is 0 Å². The molecule has 3 aliphatic carbocycles. The summed E-state index contributed by atoms with van der Waals surface area (Å²) in [6, 6.07) is 12.4. The van der Waals surface area contributed by atoms with E-state index in [-0.39, 0.29) is 21.9 Å². The largest absolute Gasteiger partial charge is 0.335 e. The zero-order chi connectivity index (χ0) is 26.8. The van der Waals surface area contributed by atoms with E-state index in [2.05, 4.69) is 79.2 Å². The molecule has 4 heteroatoms. The van der Waals surface area contributed by atoms with Crippen molar-refractivity contribution in [3.63, 3.8) is 0 Å². The fourth-order valence-corrected chi connectivity index (χ4v) is 13.0. The molecule has 7 aliphatic rings. The van der Waals surface area contributed by atoms with Crippen LogP contribution in [0.5, 0.6) is 0 Å². The highest BCUT2D eigenvalue weighted by atomic mass is 32.1. The molecule has 3 aromatic rings. The first-order valence-corrected chi connectivity index (χ1v) is 17.2. The SMILES string of the molecule is CC12CCCCC1(C)N1c3ccccc3B3c4sc5c(c4N4c6c(cc2c1c63)C1(C)CCCCC41C)CCCC5. The third kappa shape index (κ3) is 2.22. The molecular weight excluding hydrogens is 503 g/mol. The molecule has 4 atom stereocenters. The molecule has 0 radical (unpaired) electrons. The summed E-state index contributed by atoms with van der Waals surface area (Å²) in [6.45, 7) is 11.0. The fraction of sp³-hybridized carbons (Fsp3) is 0.556. The molecule has 0 N–H and O–H groups in total. The van der Waals surface area contributed by atoms with Crippen molar-refractivity contribution >= 4 is 56.5 Å². The molecular formula is C36H41BN2S. The lowest BCUT2D eigenvalue weighted by molar-refractivity contribution is 0.189. The smallest absolute Gasteiger partial charge is 0.264 e. The van der Waals surface area contributed by atoms with Crippen LogP contribution in [0.1, 0.15) is 113 Å². The van der Waals surface area contributed by atoms with Gasteiger partial charge < -0.3 is 9.80 Å². The normalized spacial score (nSPS) is 35.5. The van der Waals surface area contributed by atoms with Crippen LogP contribution in [0.3, 0.4) is 0 Å². The maximum atomic E-state index is 3.02. The summed E-state index contributed by atoms with van der Waals surface area (Å²) in [4.78, 5) is 7.64. The summed E-state index contributed by atoms with van der Waals surface area (Å²) in [5.41, 5.74) is 15.6. The van der Waals surface area contributed by atoms with Crippen molar-refractivity contribution in [1.82, 2.24) is 0 Å². The number of anilines is 4. The molecule has 2 saturated carbocycles. The molecule has 0 bridgehead atoms. The predicted molar refractivity (Wildman–Crippen MR) is 171 cm³/mol. The van der Waals surface area contributed by atoms with E-state index in [0.717, 1.165) is 0 Å².